The number of pyridine rings is 1. The third kappa shape index (κ3) is 3.66. The van der Waals surface area contributed by atoms with Gasteiger partial charge in [0.15, 0.2) is 5.75 Å². The summed E-state index contributed by atoms with van der Waals surface area (Å²) in [5, 5.41) is 0.835. The molecule has 0 saturated carbocycles. The van der Waals surface area contributed by atoms with Gasteiger partial charge < -0.3 is 4.18 Å². The Hall–Kier alpha value is -2.40. The minimum absolute atomic E-state index is 0.0414. The summed E-state index contributed by atoms with van der Waals surface area (Å²) in [5.41, 5.74) is 2.36. The maximum absolute atomic E-state index is 12.6. The number of para-hydroxylation sites is 1. The number of nitrogens with zero attached hydrogens (tertiary/aromatic N) is 1. The predicted octanol–water partition coefficient (Wildman–Crippen LogP) is 4.61. The van der Waals surface area contributed by atoms with E-state index in [4.69, 9.17) is 4.18 Å². The van der Waals surface area contributed by atoms with E-state index in [-0.39, 0.29) is 16.1 Å². The van der Waals surface area contributed by atoms with Gasteiger partial charge in [0.2, 0.25) is 0 Å². The Labute approximate surface area is 148 Å². The number of benzene rings is 2. The van der Waals surface area contributed by atoms with Crippen LogP contribution < -0.4 is 4.18 Å². The summed E-state index contributed by atoms with van der Waals surface area (Å²) in [6.45, 7) is 8.10. The number of aryl methyl sites for hydroxylation is 1. The summed E-state index contributed by atoms with van der Waals surface area (Å²) >= 11 is 0. The molecule has 0 aliphatic carbocycles. The van der Waals surface area contributed by atoms with Crippen LogP contribution in [0, 0.1) is 6.92 Å². The molecular formula is C20H21NO3S. The Balaban J connectivity index is 1.98. The van der Waals surface area contributed by atoms with E-state index in [1.54, 1.807) is 24.3 Å². The first-order valence-electron chi connectivity index (χ1n) is 8.08. The smallest absolute Gasteiger partial charge is 0.339 e. The molecule has 3 rings (SSSR count). The molecule has 0 aliphatic rings. The Kier molecular flexibility index (Phi) is 4.29. The predicted molar refractivity (Wildman–Crippen MR) is 99.4 cm³/mol. The molecule has 2 aromatic carbocycles. The summed E-state index contributed by atoms with van der Waals surface area (Å²) in [6.07, 6.45) is 0. The molecule has 0 aliphatic heterocycles. The molecule has 1 heterocycles. The normalized spacial score (nSPS) is 12.3. The zero-order valence-electron chi connectivity index (χ0n) is 14.8. The molecule has 0 fully saturated rings. The molecule has 0 amide bonds. The zero-order chi connectivity index (χ0) is 18.2. The maximum atomic E-state index is 12.6. The average molecular weight is 355 g/mol. The minimum Gasteiger partial charge on any atom is -0.377 e. The summed E-state index contributed by atoms with van der Waals surface area (Å²) in [6, 6.07) is 15.8. The van der Waals surface area contributed by atoms with Gasteiger partial charge in [-0.25, -0.2) is 4.98 Å². The zero-order valence-corrected chi connectivity index (χ0v) is 15.6. The molecule has 0 N–H and O–H groups in total. The number of hydrogen-bond donors (Lipinski definition) is 0. The van der Waals surface area contributed by atoms with E-state index < -0.39 is 10.1 Å². The van der Waals surface area contributed by atoms with Gasteiger partial charge in [-0.2, -0.15) is 8.42 Å². The second-order valence-electron chi connectivity index (χ2n) is 7.09. The fraction of sp³-hybridized carbons (Fsp3) is 0.250. The van der Waals surface area contributed by atoms with Gasteiger partial charge in [-0.15, -0.1) is 0 Å². The lowest BCUT2D eigenvalue weighted by Crippen LogP contribution is -2.13. The van der Waals surface area contributed by atoms with Crippen LogP contribution in [0.4, 0.5) is 0 Å². The molecule has 5 heteroatoms. The summed E-state index contributed by atoms with van der Waals surface area (Å²) in [5.74, 6) is 0.237. The highest BCUT2D eigenvalue weighted by Gasteiger charge is 2.20. The van der Waals surface area contributed by atoms with Crippen LogP contribution in [0.3, 0.4) is 0 Å². The van der Waals surface area contributed by atoms with E-state index in [2.05, 4.69) is 25.8 Å². The molecule has 25 heavy (non-hydrogen) atoms. The van der Waals surface area contributed by atoms with Gasteiger partial charge in [-0.05, 0) is 42.2 Å². The van der Waals surface area contributed by atoms with Crippen molar-refractivity contribution >= 4 is 21.0 Å². The fourth-order valence-electron chi connectivity index (χ4n) is 2.57. The van der Waals surface area contributed by atoms with E-state index in [9.17, 15) is 8.42 Å². The van der Waals surface area contributed by atoms with E-state index >= 15 is 0 Å². The van der Waals surface area contributed by atoms with Crippen LogP contribution in [0.2, 0.25) is 0 Å². The van der Waals surface area contributed by atoms with Crippen LogP contribution in [-0.4, -0.2) is 13.4 Å². The van der Waals surface area contributed by atoms with Crippen LogP contribution >= 0.6 is 0 Å². The molecule has 1 aromatic heterocycles. The first-order chi connectivity index (χ1) is 11.7. The van der Waals surface area contributed by atoms with Crippen LogP contribution in [0.15, 0.2) is 59.5 Å². The van der Waals surface area contributed by atoms with Crippen molar-refractivity contribution < 1.29 is 12.6 Å². The van der Waals surface area contributed by atoms with Crippen molar-refractivity contribution in [3.05, 3.63) is 65.9 Å². The first kappa shape index (κ1) is 17.4. The van der Waals surface area contributed by atoms with Gasteiger partial charge in [0.25, 0.3) is 0 Å². The molecule has 0 atom stereocenters. The van der Waals surface area contributed by atoms with E-state index in [1.807, 2.05) is 37.3 Å². The van der Waals surface area contributed by atoms with Gasteiger partial charge in [-0.1, -0.05) is 51.1 Å². The van der Waals surface area contributed by atoms with Crippen molar-refractivity contribution in [3.63, 3.8) is 0 Å². The van der Waals surface area contributed by atoms with Crippen molar-refractivity contribution in [1.29, 1.82) is 0 Å². The van der Waals surface area contributed by atoms with Crippen molar-refractivity contribution in [2.45, 2.75) is 38.0 Å². The van der Waals surface area contributed by atoms with Gasteiger partial charge >= 0.3 is 10.1 Å². The van der Waals surface area contributed by atoms with Crippen LogP contribution in [0.25, 0.3) is 10.9 Å². The van der Waals surface area contributed by atoms with Crippen molar-refractivity contribution in [1.82, 2.24) is 4.98 Å². The van der Waals surface area contributed by atoms with Crippen molar-refractivity contribution in [3.8, 4) is 5.75 Å². The van der Waals surface area contributed by atoms with Crippen molar-refractivity contribution in [2.75, 3.05) is 0 Å². The molecule has 3 aromatic rings. The maximum Gasteiger partial charge on any atom is 0.339 e. The van der Waals surface area contributed by atoms with Gasteiger partial charge in [0, 0.05) is 11.1 Å². The van der Waals surface area contributed by atoms with E-state index in [1.165, 1.54) is 0 Å². The molecule has 0 bridgehead atoms. The standard InChI is InChI=1S/C20H21NO3S/c1-14-8-9-15-6-5-7-18(19(15)21-14)24-25(22,23)17-12-10-16(11-13-17)20(2,3)4/h5-13H,1-4H3. The first-order valence-corrected chi connectivity index (χ1v) is 9.49. The number of hydrogen-bond acceptors (Lipinski definition) is 4. The third-order valence-electron chi connectivity index (χ3n) is 4.03. The van der Waals surface area contributed by atoms with Crippen molar-refractivity contribution in [2.24, 2.45) is 0 Å². The lowest BCUT2D eigenvalue weighted by molar-refractivity contribution is 0.488. The highest BCUT2D eigenvalue weighted by Crippen LogP contribution is 2.28. The van der Waals surface area contributed by atoms with E-state index in [0.29, 0.717) is 5.52 Å². The van der Waals surface area contributed by atoms with Crippen LogP contribution in [0.5, 0.6) is 5.75 Å². The topological polar surface area (TPSA) is 56.3 Å². The van der Waals surface area contributed by atoms with Crippen LogP contribution in [0.1, 0.15) is 32.0 Å². The lowest BCUT2D eigenvalue weighted by Gasteiger charge is -2.19. The third-order valence-corrected chi connectivity index (χ3v) is 5.28. The molecule has 0 unspecified atom stereocenters. The van der Waals surface area contributed by atoms with Crippen LogP contribution in [-0.2, 0) is 15.5 Å². The minimum atomic E-state index is -3.92. The van der Waals surface area contributed by atoms with Gasteiger partial charge in [-0.3, -0.25) is 0 Å². The second kappa shape index (κ2) is 6.15. The highest BCUT2D eigenvalue weighted by molar-refractivity contribution is 7.87. The largest absolute Gasteiger partial charge is 0.377 e. The SMILES string of the molecule is Cc1ccc2cccc(OS(=O)(=O)c3ccc(C(C)(C)C)cc3)c2n1. The quantitative estimate of drug-likeness (QED) is 0.644. The number of aromatic nitrogens is 1. The summed E-state index contributed by atoms with van der Waals surface area (Å²) < 4.78 is 30.7. The molecule has 4 nitrogen and oxygen atoms in total. The Morgan fingerprint density at radius 2 is 1.60 bits per heavy atom. The van der Waals surface area contributed by atoms with Gasteiger partial charge in [0.05, 0.1) is 0 Å². The second-order valence-corrected chi connectivity index (χ2v) is 8.64. The molecule has 0 spiro atoms. The number of rotatable bonds is 3. The average Bonchev–Trinajstić information content (AvgIpc) is 2.54. The van der Waals surface area contributed by atoms with E-state index in [0.717, 1.165) is 16.6 Å². The van der Waals surface area contributed by atoms with Gasteiger partial charge in [0.1, 0.15) is 10.4 Å². The molecular weight excluding hydrogens is 334 g/mol. The Morgan fingerprint density at radius 3 is 2.24 bits per heavy atom. The summed E-state index contributed by atoms with van der Waals surface area (Å²) in [7, 11) is -3.92. The summed E-state index contributed by atoms with van der Waals surface area (Å²) in [4.78, 5) is 4.54. The number of fused-ring (bicyclic) bond motifs is 1. The Morgan fingerprint density at radius 1 is 0.920 bits per heavy atom. The monoisotopic (exact) mass is 355 g/mol. The molecule has 130 valence electrons. The fourth-order valence-corrected chi connectivity index (χ4v) is 3.51. The Bertz CT molecular complexity index is 1020. The molecule has 0 saturated heterocycles. The lowest BCUT2D eigenvalue weighted by atomic mass is 9.87. The molecule has 0 radical (unpaired) electrons. The highest BCUT2D eigenvalue weighted by atomic mass is 32.2.